The van der Waals surface area contributed by atoms with Gasteiger partial charge in [-0.1, -0.05) is 31.2 Å². The lowest BCUT2D eigenvalue weighted by Gasteiger charge is -2.31. The maximum absolute atomic E-state index is 13.7. The van der Waals surface area contributed by atoms with Crippen molar-refractivity contribution in [3.63, 3.8) is 0 Å². The van der Waals surface area contributed by atoms with E-state index in [1.807, 2.05) is 48.7 Å². The maximum Gasteiger partial charge on any atom is 0.317 e. The number of para-hydroxylation sites is 1. The van der Waals surface area contributed by atoms with Crippen molar-refractivity contribution >= 4 is 29.0 Å². The molecule has 0 unspecified atom stereocenters. The first-order valence-electron chi connectivity index (χ1n) is 12.5. The maximum atomic E-state index is 13.7. The van der Waals surface area contributed by atoms with Crippen molar-refractivity contribution in [3.05, 3.63) is 52.2 Å². The number of hydrazone groups is 1. The van der Waals surface area contributed by atoms with Gasteiger partial charge >= 0.3 is 6.03 Å². The Balaban J connectivity index is 1.54. The van der Waals surface area contributed by atoms with E-state index in [2.05, 4.69) is 10.2 Å². The molecule has 0 spiro atoms. The Morgan fingerprint density at radius 3 is 2.75 bits per heavy atom. The fourth-order valence-corrected chi connectivity index (χ4v) is 5.16. The van der Waals surface area contributed by atoms with E-state index in [9.17, 15) is 9.59 Å². The SMILES string of the molecule is CCCNC(=O)N(CCN1CCOCC1)CC(=O)N1N=C(c2cccs2)C[C@@H]1c1ccccc1OC. The summed E-state index contributed by atoms with van der Waals surface area (Å²) >= 11 is 1.60. The summed E-state index contributed by atoms with van der Waals surface area (Å²) < 4.78 is 11.0. The van der Waals surface area contributed by atoms with Gasteiger partial charge in [-0.3, -0.25) is 9.69 Å². The Kier molecular flexibility index (Phi) is 9.32. The Morgan fingerprint density at radius 1 is 1.22 bits per heavy atom. The van der Waals surface area contributed by atoms with Crippen LogP contribution >= 0.6 is 11.3 Å². The molecule has 0 aliphatic carbocycles. The molecule has 10 heteroatoms. The van der Waals surface area contributed by atoms with Gasteiger partial charge in [-0.2, -0.15) is 5.10 Å². The summed E-state index contributed by atoms with van der Waals surface area (Å²) in [6, 6.07) is 11.2. The van der Waals surface area contributed by atoms with Crippen LogP contribution < -0.4 is 10.1 Å². The zero-order chi connectivity index (χ0) is 25.3. The van der Waals surface area contributed by atoms with Gasteiger partial charge in [-0.15, -0.1) is 11.3 Å². The van der Waals surface area contributed by atoms with E-state index in [0.29, 0.717) is 45.0 Å². The standard InChI is InChI=1S/C26H35N5O4S/c1-3-10-27-26(33)30(12-11-29-13-15-35-16-14-29)19-25(32)31-22(20-7-4-5-8-23(20)34-2)18-21(28-31)24-9-6-17-36-24/h4-9,17,22H,3,10-16,18-19H2,1-2H3,(H,27,33)/t22-/m1/s1. The highest BCUT2D eigenvalue weighted by atomic mass is 32.1. The lowest BCUT2D eigenvalue weighted by atomic mass is 10.00. The lowest BCUT2D eigenvalue weighted by molar-refractivity contribution is -0.133. The molecule has 3 heterocycles. The molecular formula is C26H35N5O4S. The number of rotatable bonds is 10. The number of hydrogen-bond acceptors (Lipinski definition) is 7. The third kappa shape index (κ3) is 6.43. The highest BCUT2D eigenvalue weighted by Gasteiger charge is 2.36. The summed E-state index contributed by atoms with van der Waals surface area (Å²) in [6.07, 6.45) is 1.41. The van der Waals surface area contributed by atoms with Crippen molar-refractivity contribution in [1.29, 1.82) is 0 Å². The highest BCUT2D eigenvalue weighted by molar-refractivity contribution is 7.12. The molecule has 1 aromatic heterocycles. The number of nitrogens with one attached hydrogen (secondary N) is 1. The molecule has 2 aromatic rings. The number of methoxy groups -OCH3 is 1. The normalized spacial score (nSPS) is 18.1. The zero-order valence-electron chi connectivity index (χ0n) is 21.0. The first-order valence-corrected chi connectivity index (χ1v) is 13.4. The Hall–Kier alpha value is -2.95. The molecule has 0 bridgehead atoms. The van der Waals surface area contributed by atoms with Gasteiger partial charge < -0.3 is 19.7 Å². The van der Waals surface area contributed by atoms with Crippen LogP contribution in [0, 0.1) is 0 Å². The molecule has 3 amide bonds. The summed E-state index contributed by atoms with van der Waals surface area (Å²) in [5, 5.41) is 11.2. The minimum Gasteiger partial charge on any atom is -0.496 e. The summed E-state index contributed by atoms with van der Waals surface area (Å²) in [6.45, 7) is 6.70. The second kappa shape index (κ2) is 12.8. The van der Waals surface area contributed by atoms with Gasteiger partial charge in [0.25, 0.3) is 5.91 Å². The average molecular weight is 514 g/mol. The van der Waals surface area contributed by atoms with Gasteiger partial charge in [-0.25, -0.2) is 9.80 Å². The van der Waals surface area contributed by atoms with Crippen molar-refractivity contribution < 1.29 is 19.1 Å². The molecule has 2 aliphatic heterocycles. The molecule has 1 fully saturated rings. The Labute approximate surface area is 216 Å². The predicted octanol–water partition coefficient (Wildman–Crippen LogP) is 3.19. The molecule has 2 aliphatic rings. The lowest BCUT2D eigenvalue weighted by Crippen LogP contribution is -2.49. The molecule has 1 N–H and O–H groups in total. The van der Waals surface area contributed by atoms with E-state index in [1.54, 1.807) is 28.4 Å². The van der Waals surface area contributed by atoms with Crippen LogP contribution in [0.15, 0.2) is 46.9 Å². The third-order valence-electron chi connectivity index (χ3n) is 6.40. The smallest absolute Gasteiger partial charge is 0.317 e. The summed E-state index contributed by atoms with van der Waals surface area (Å²) in [4.78, 5) is 31.6. The quantitative estimate of drug-likeness (QED) is 0.527. The second-order valence-electron chi connectivity index (χ2n) is 8.83. The monoisotopic (exact) mass is 513 g/mol. The topological polar surface area (TPSA) is 86.7 Å². The molecule has 1 aromatic carbocycles. The summed E-state index contributed by atoms with van der Waals surface area (Å²) in [5.74, 6) is 0.499. The Bertz CT molecular complexity index is 1040. The number of carbonyl (C=O) groups is 2. The molecule has 1 atom stereocenters. The van der Waals surface area contributed by atoms with Gasteiger partial charge in [0.15, 0.2) is 0 Å². The van der Waals surface area contributed by atoms with Crippen LogP contribution in [0.2, 0.25) is 0 Å². The van der Waals surface area contributed by atoms with E-state index in [1.165, 1.54) is 0 Å². The van der Waals surface area contributed by atoms with E-state index < -0.39 is 0 Å². The number of benzene rings is 1. The molecule has 0 radical (unpaired) electrons. The van der Waals surface area contributed by atoms with Crippen LogP contribution in [0.5, 0.6) is 5.75 Å². The highest BCUT2D eigenvalue weighted by Crippen LogP contribution is 2.38. The van der Waals surface area contributed by atoms with E-state index >= 15 is 0 Å². The number of carbonyl (C=O) groups excluding carboxylic acids is 2. The minimum absolute atomic E-state index is 0.0489. The number of nitrogens with zero attached hydrogens (tertiary/aromatic N) is 4. The van der Waals surface area contributed by atoms with Gasteiger partial charge in [0.2, 0.25) is 0 Å². The molecule has 1 saturated heterocycles. The predicted molar refractivity (Wildman–Crippen MR) is 141 cm³/mol. The van der Waals surface area contributed by atoms with Crippen molar-refractivity contribution in [1.82, 2.24) is 20.1 Å². The summed E-state index contributed by atoms with van der Waals surface area (Å²) in [7, 11) is 1.63. The van der Waals surface area contributed by atoms with Gasteiger partial charge in [0.05, 0.1) is 37.0 Å². The largest absolute Gasteiger partial charge is 0.496 e. The molecule has 36 heavy (non-hydrogen) atoms. The molecule has 0 saturated carbocycles. The first-order chi connectivity index (χ1) is 17.6. The van der Waals surface area contributed by atoms with Crippen LogP contribution in [0.4, 0.5) is 4.79 Å². The number of ether oxygens (including phenoxy) is 2. The third-order valence-corrected chi connectivity index (χ3v) is 7.32. The van der Waals surface area contributed by atoms with Crippen molar-refractivity contribution in [2.24, 2.45) is 5.10 Å². The number of morpholine rings is 1. The fourth-order valence-electron chi connectivity index (χ4n) is 4.43. The second-order valence-corrected chi connectivity index (χ2v) is 9.78. The van der Waals surface area contributed by atoms with Gasteiger partial charge in [-0.05, 0) is 23.9 Å². The van der Waals surface area contributed by atoms with Crippen molar-refractivity contribution in [2.45, 2.75) is 25.8 Å². The number of thiophene rings is 1. The van der Waals surface area contributed by atoms with Crippen LogP contribution in [0.25, 0.3) is 0 Å². The van der Waals surface area contributed by atoms with Crippen LogP contribution in [-0.4, -0.2) is 92.1 Å². The number of urea groups is 1. The first kappa shape index (κ1) is 26.1. The molecule has 4 rings (SSSR count). The van der Waals surface area contributed by atoms with Crippen LogP contribution in [0.1, 0.15) is 36.2 Å². The fraction of sp³-hybridized carbons (Fsp3) is 0.500. The van der Waals surface area contributed by atoms with E-state index in [0.717, 1.165) is 35.7 Å². The van der Waals surface area contributed by atoms with E-state index in [4.69, 9.17) is 14.6 Å². The zero-order valence-corrected chi connectivity index (χ0v) is 21.8. The summed E-state index contributed by atoms with van der Waals surface area (Å²) in [5.41, 5.74) is 1.77. The van der Waals surface area contributed by atoms with Crippen molar-refractivity contribution in [2.75, 3.05) is 59.6 Å². The van der Waals surface area contributed by atoms with E-state index in [-0.39, 0.29) is 24.5 Å². The van der Waals surface area contributed by atoms with Crippen LogP contribution in [-0.2, 0) is 9.53 Å². The molecule has 194 valence electrons. The van der Waals surface area contributed by atoms with Crippen LogP contribution in [0.3, 0.4) is 0 Å². The van der Waals surface area contributed by atoms with Gasteiger partial charge in [0, 0.05) is 44.7 Å². The molecular weight excluding hydrogens is 478 g/mol. The number of amides is 3. The Morgan fingerprint density at radius 2 is 2.03 bits per heavy atom. The number of hydrogen-bond donors (Lipinski definition) is 1. The van der Waals surface area contributed by atoms with Gasteiger partial charge in [0.1, 0.15) is 12.3 Å². The average Bonchev–Trinajstić information content (AvgIpc) is 3.60. The van der Waals surface area contributed by atoms with Crippen molar-refractivity contribution in [3.8, 4) is 5.75 Å². The minimum atomic E-state index is -0.300. The molecule has 9 nitrogen and oxygen atoms in total.